The van der Waals surface area contributed by atoms with E-state index >= 15 is 0 Å². The van der Waals surface area contributed by atoms with Gasteiger partial charge < -0.3 is 9.52 Å². The highest BCUT2D eigenvalue weighted by atomic mass is 16.6. The summed E-state index contributed by atoms with van der Waals surface area (Å²) in [5, 5.41) is 24.4. The molecule has 4 aromatic rings. The van der Waals surface area contributed by atoms with Crippen molar-refractivity contribution in [3.63, 3.8) is 0 Å². The number of amides is 1. The maximum atomic E-state index is 12.4. The first-order valence-electron chi connectivity index (χ1n) is 10.9. The van der Waals surface area contributed by atoms with Gasteiger partial charge in [0.2, 0.25) is 17.7 Å². The molecule has 0 saturated carbocycles. The molecule has 2 N–H and O–H groups in total. The number of aromatic nitrogens is 1. The molecule has 0 spiro atoms. The molecule has 0 aliphatic rings. The average molecular weight is 457 g/mol. The number of aromatic hydroxyl groups is 1. The molecule has 1 amide bonds. The first kappa shape index (κ1) is 22.7. The highest BCUT2D eigenvalue weighted by molar-refractivity contribution is 5.93. The van der Waals surface area contributed by atoms with Gasteiger partial charge in [0.1, 0.15) is 11.4 Å². The lowest BCUT2D eigenvalue weighted by molar-refractivity contribution is -0.384. The van der Waals surface area contributed by atoms with Crippen molar-refractivity contribution in [2.75, 3.05) is 5.32 Å². The van der Waals surface area contributed by atoms with Crippen LogP contribution in [0, 0.1) is 10.1 Å². The number of unbranched alkanes of at least 4 members (excludes halogenated alkanes) is 1. The molecule has 34 heavy (non-hydrogen) atoms. The Morgan fingerprint density at radius 1 is 1.03 bits per heavy atom. The number of rotatable bonds is 8. The molecule has 8 nitrogen and oxygen atoms in total. The van der Waals surface area contributed by atoms with E-state index in [9.17, 15) is 20.0 Å². The zero-order chi connectivity index (χ0) is 24.1. The van der Waals surface area contributed by atoms with E-state index in [2.05, 4.69) is 10.3 Å². The molecule has 0 saturated heterocycles. The van der Waals surface area contributed by atoms with Gasteiger partial charge in [-0.15, -0.1) is 0 Å². The number of nitro groups is 1. The Bertz CT molecular complexity index is 1330. The van der Waals surface area contributed by atoms with Crippen LogP contribution in [0.5, 0.6) is 5.75 Å². The van der Waals surface area contributed by atoms with Crippen LogP contribution in [0.4, 0.5) is 11.6 Å². The normalized spacial score (nSPS) is 10.7. The first-order chi connectivity index (χ1) is 16.5. The van der Waals surface area contributed by atoms with Gasteiger partial charge in [-0.3, -0.25) is 20.2 Å². The van der Waals surface area contributed by atoms with Crippen LogP contribution in [-0.2, 0) is 4.79 Å². The van der Waals surface area contributed by atoms with E-state index < -0.39 is 4.92 Å². The fraction of sp³-hybridized carbons (Fsp3) is 0.154. The highest BCUT2D eigenvalue weighted by Gasteiger charge is 2.22. The van der Waals surface area contributed by atoms with Gasteiger partial charge >= 0.3 is 0 Å². The lowest BCUT2D eigenvalue weighted by atomic mass is 9.98. The van der Waals surface area contributed by atoms with E-state index in [1.54, 1.807) is 24.3 Å². The van der Waals surface area contributed by atoms with Crippen LogP contribution in [0.1, 0.15) is 26.2 Å². The number of carbonyl (C=O) groups is 1. The molecule has 0 fully saturated rings. The molecular weight excluding hydrogens is 434 g/mol. The minimum atomic E-state index is -0.566. The van der Waals surface area contributed by atoms with E-state index in [1.807, 2.05) is 37.3 Å². The second kappa shape index (κ2) is 9.99. The number of anilines is 1. The Hall–Kier alpha value is -4.46. The zero-order valence-electron chi connectivity index (χ0n) is 18.5. The van der Waals surface area contributed by atoms with Gasteiger partial charge in [0.05, 0.1) is 11.0 Å². The summed E-state index contributed by atoms with van der Waals surface area (Å²) in [6, 6.07) is 20.4. The van der Waals surface area contributed by atoms with E-state index in [4.69, 9.17) is 4.42 Å². The van der Waals surface area contributed by atoms with Crippen molar-refractivity contribution in [3.8, 4) is 39.6 Å². The summed E-state index contributed by atoms with van der Waals surface area (Å²) >= 11 is 0. The number of hydrogen-bond acceptors (Lipinski definition) is 6. The van der Waals surface area contributed by atoms with Crippen molar-refractivity contribution in [1.82, 2.24) is 4.98 Å². The number of nitrogens with zero attached hydrogens (tertiary/aromatic N) is 2. The summed E-state index contributed by atoms with van der Waals surface area (Å²) in [5.41, 5.74) is 2.60. The van der Waals surface area contributed by atoms with E-state index in [-0.39, 0.29) is 29.1 Å². The number of phenols is 1. The van der Waals surface area contributed by atoms with Crippen LogP contribution >= 0.6 is 0 Å². The van der Waals surface area contributed by atoms with Gasteiger partial charge in [-0.1, -0.05) is 61.9 Å². The quantitative estimate of drug-likeness (QED) is 0.233. The van der Waals surface area contributed by atoms with Crippen LogP contribution in [0.25, 0.3) is 33.8 Å². The van der Waals surface area contributed by atoms with Gasteiger partial charge in [-0.05, 0) is 24.1 Å². The molecule has 0 unspecified atom stereocenters. The van der Waals surface area contributed by atoms with E-state index in [0.29, 0.717) is 28.8 Å². The molecule has 8 heteroatoms. The predicted octanol–water partition coefficient (Wildman–Crippen LogP) is 6.42. The minimum absolute atomic E-state index is 0.164. The van der Waals surface area contributed by atoms with E-state index in [1.165, 1.54) is 12.1 Å². The third-order valence-corrected chi connectivity index (χ3v) is 5.32. The number of nitro benzene ring substituents is 1. The highest BCUT2D eigenvalue weighted by Crippen LogP contribution is 2.40. The molecule has 0 bridgehead atoms. The van der Waals surface area contributed by atoms with Crippen LogP contribution in [0.15, 0.2) is 77.2 Å². The third-order valence-electron chi connectivity index (χ3n) is 5.32. The Kier molecular flexibility index (Phi) is 6.68. The second-order valence-electron chi connectivity index (χ2n) is 7.72. The van der Waals surface area contributed by atoms with Gasteiger partial charge in [0.25, 0.3) is 5.69 Å². The smallest absolute Gasteiger partial charge is 0.273 e. The molecule has 1 heterocycles. The number of carbonyl (C=O) groups excluding carboxylic acids is 1. The molecule has 3 aromatic carbocycles. The Labute approximate surface area is 196 Å². The molecular formula is C26H23N3O5. The largest absolute Gasteiger partial charge is 0.507 e. The first-order valence-corrected chi connectivity index (χ1v) is 10.9. The number of hydrogen-bond donors (Lipinski definition) is 2. The van der Waals surface area contributed by atoms with Crippen LogP contribution in [0.3, 0.4) is 0 Å². The topological polar surface area (TPSA) is 118 Å². The van der Waals surface area contributed by atoms with Crippen LogP contribution in [-0.4, -0.2) is 20.9 Å². The lowest BCUT2D eigenvalue weighted by Crippen LogP contribution is -2.11. The number of non-ortho nitro benzene ring substituents is 1. The second-order valence-corrected chi connectivity index (χ2v) is 7.72. The monoisotopic (exact) mass is 457 g/mol. The van der Waals surface area contributed by atoms with Crippen molar-refractivity contribution in [3.05, 3.63) is 82.9 Å². The SMILES string of the molecule is CCCCC(=O)Nc1oc(-c2ccccc2-c2ccc([N+](=O)[O-])cc2O)nc1-c1ccccc1. The summed E-state index contributed by atoms with van der Waals surface area (Å²) in [4.78, 5) is 27.6. The van der Waals surface area contributed by atoms with E-state index in [0.717, 1.165) is 24.5 Å². The summed E-state index contributed by atoms with van der Waals surface area (Å²) in [6.45, 7) is 2.01. The van der Waals surface area contributed by atoms with Crippen LogP contribution < -0.4 is 5.32 Å². The average Bonchev–Trinajstić information content (AvgIpc) is 3.26. The fourth-order valence-electron chi connectivity index (χ4n) is 3.60. The Balaban J connectivity index is 1.80. The Morgan fingerprint density at radius 2 is 1.74 bits per heavy atom. The number of oxazole rings is 1. The number of benzene rings is 3. The molecule has 0 radical (unpaired) electrons. The minimum Gasteiger partial charge on any atom is -0.507 e. The number of phenolic OH excluding ortho intramolecular Hbond substituents is 1. The summed E-state index contributed by atoms with van der Waals surface area (Å²) in [5.74, 6) is 0.0932. The molecule has 172 valence electrons. The molecule has 1 aromatic heterocycles. The van der Waals surface area contributed by atoms with Crippen molar-refractivity contribution < 1.29 is 19.2 Å². The summed E-state index contributed by atoms with van der Waals surface area (Å²) in [7, 11) is 0. The molecule has 0 atom stereocenters. The van der Waals surface area contributed by atoms with Gasteiger partial charge in [-0.2, -0.15) is 0 Å². The number of nitrogens with one attached hydrogen (secondary N) is 1. The molecule has 0 aliphatic carbocycles. The van der Waals surface area contributed by atoms with Gasteiger partial charge in [0.15, 0.2) is 0 Å². The fourth-order valence-corrected chi connectivity index (χ4v) is 3.60. The maximum absolute atomic E-state index is 12.4. The van der Waals surface area contributed by atoms with Gasteiger partial charge in [-0.25, -0.2) is 4.98 Å². The molecule has 0 aliphatic heterocycles. The zero-order valence-corrected chi connectivity index (χ0v) is 18.5. The Morgan fingerprint density at radius 3 is 2.41 bits per heavy atom. The standard InChI is InChI=1S/C26H23N3O5/c1-2-3-13-23(31)27-26-24(17-9-5-4-6-10-17)28-25(34-26)21-12-8-7-11-19(21)20-15-14-18(29(32)33)16-22(20)30/h4-12,14-16,30H,2-3,13H2,1H3,(H,27,31). The van der Waals surface area contributed by atoms with Crippen LogP contribution in [0.2, 0.25) is 0 Å². The van der Waals surface area contributed by atoms with Crippen molar-refractivity contribution in [1.29, 1.82) is 0 Å². The van der Waals surface area contributed by atoms with Crippen molar-refractivity contribution in [2.24, 2.45) is 0 Å². The summed E-state index contributed by atoms with van der Waals surface area (Å²) in [6.07, 6.45) is 2.02. The van der Waals surface area contributed by atoms with Gasteiger partial charge in [0, 0.05) is 29.2 Å². The summed E-state index contributed by atoms with van der Waals surface area (Å²) < 4.78 is 6.04. The van der Waals surface area contributed by atoms with Crippen molar-refractivity contribution >= 4 is 17.5 Å². The maximum Gasteiger partial charge on any atom is 0.273 e. The lowest BCUT2D eigenvalue weighted by Gasteiger charge is -2.09. The third kappa shape index (κ3) is 4.80. The predicted molar refractivity (Wildman–Crippen MR) is 129 cm³/mol. The molecule has 4 rings (SSSR count). The van der Waals surface area contributed by atoms with Crippen molar-refractivity contribution in [2.45, 2.75) is 26.2 Å².